The molecule has 1 amide bonds. The minimum atomic E-state index is 0.0551. The van der Waals surface area contributed by atoms with Crippen molar-refractivity contribution in [2.45, 2.75) is 38.3 Å². The number of fused-ring (bicyclic) bond motifs is 4. The maximum Gasteiger partial charge on any atom is 0.268 e. The molecule has 0 aliphatic carbocycles. The van der Waals surface area contributed by atoms with Crippen molar-refractivity contribution in [3.05, 3.63) is 34.4 Å². The van der Waals surface area contributed by atoms with Gasteiger partial charge in [0, 0.05) is 24.2 Å². The Morgan fingerprint density at radius 3 is 3.15 bits per heavy atom. The number of aromatic nitrogens is 4. The number of carbonyl (C=O) groups is 1. The molecule has 2 aromatic heterocycles. The monoisotopic (exact) mass is 287 g/mol. The fourth-order valence-corrected chi connectivity index (χ4v) is 3.88. The summed E-state index contributed by atoms with van der Waals surface area (Å²) in [6, 6.07) is 0.357. The lowest BCUT2D eigenvalue weighted by atomic mass is 9.99. The molecule has 2 atom stereocenters. The quantitative estimate of drug-likeness (QED) is 0.795. The van der Waals surface area contributed by atoms with Gasteiger partial charge in [-0.15, -0.1) is 5.10 Å². The van der Waals surface area contributed by atoms with Crippen molar-refractivity contribution in [3.63, 3.8) is 0 Å². The summed E-state index contributed by atoms with van der Waals surface area (Å²) in [4.78, 5) is 23.9. The summed E-state index contributed by atoms with van der Waals surface area (Å²) in [5.74, 6) is 0.0551. The average Bonchev–Trinajstić information content (AvgIpc) is 3.02. The van der Waals surface area contributed by atoms with Crippen molar-refractivity contribution in [2.75, 3.05) is 0 Å². The van der Waals surface area contributed by atoms with Crippen LogP contribution in [-0.2, 0) is 6.42 Å². The Balaban J connectivity index is 1.75. The number of carbonyl (C=O) groups excluding carboxylic acids is 1. The third-order valence-corrected chi connectivity index (χ3v) is 5.01. The largest absolute Gasteiger partial charge is 0.327 e. The van der Waals surface area contributed by atoms with Crippen molar-refractivity contribution in [1.29, 1.82) is 0 Å². The Labute approximate surface area is 120 Å². The highest BCUT2D eigenvalue weighted by Crippen LogP contribution is 2.43. The average molecular weight is 287 g/mol. The van der Waals surface area contributed by atoms with Crippen molar-refractivity contribution in [3.8, 4) is 0 Å². The standard InChI is InChI=1S/C13H13N5OS/c1-7-12(20-17-16-7)13(19)18-8-2-3-11(18)9-5-14-6-15-10(9)4-8/h5-6,8,11H,2-4H2,1H3. The molecule has 2 aliphatic rings. The Hall–Kier alpha value is -1.89. The summed E-state index contributed by atoms with van der Waals surface area (Å²) in [6.07, 6.45) is 6.28. The van der Waals surface area contributed by atoms with Gasteiger partial charge in [-0.05, 0) is 31.3 Å². The van der Waals surface area contributed by atoms with E-state index in [9.17, 15) is 4.79 Å². The molecule has 102 valence electrons. The molecule has 2 aliphatic heterocycles. The minimum Gasteiger partial charge on any atom is -0.327 e. The van der Waals surface area contributed by atoms with Gasteiger partial charge in [0.1, 0.15) is 11.2 Å². The number of amides is 1. The first-order chi connectivity index (χ1) is 9.75. The Morgan fingerprint density at radius 2 is 2.35 bits per heavy atom. The normalized spacial score (nSPS) is 23.8. The van der Waals surface area contributed by atoms with Crippen LogP contribution in [0.4, 0.5) is 0 Å². The molecule has 0 radical (unpaired) electrons. The molecule has 0 aromatic carbocycles. The van der Waals surface area contributed by atoms with Gasteiger partial charge in [0.25, 0.3) is 5.91 Å². The van der Waals surface area contributed by atoms with Gasteiger partial charge in [-0.1, -0.05) is 4.49 Å². The Morgan fingerprint density at radius 1 is 1.45 bits per heavy atom. The molecular formula is C13H13N5OS. The molecule has 4 rings (SSSR count). The Bertz CT molecular complexity index is 685. The third-order valence-electron chi connectivity index (χ3n) is 4.20. The molecule has 2 aromatic rings. The smallest absolute Gasteiger partial charge is 0.268 e. The first-order valence-electron chi connectivity index (χ1n) is 6.66. The Kier molecular flexibility index (Phi) is 2.56. The molecule has 0 N–H and O–H groups in total. The lowest BCUT2D eigenvalue weighted by Gasteiger charge is -2.35. The van der Waals surface area contributed by atoms with Crippen LogP contribution in [0.1, 0.15) is 45.5 Å². The van der Waals surface area contributed by atoms with E-state index >= 15 is 0 Å². The number of aryl methyl sites for hydroxylation is 1. The summed E-state index contributed by atoms with van der Waals surface area (Å²) >= 11 is 1.18. The molecule has 4 heterocycles. The summed E-state index contributed by atoms with van der Waals surface area (Å²) < 4.78 is 3.87. The summed E-state index contributed by atoms with van der Waals surface area (Å²) in [5.41, 5.74) is 2.91. The first-order valence-corrected chi connectivity index (χ1v) is 7.43. The highest BCUT2D eigenvalue weighted by atomic mass is 32.1. The maximum atomic E-state index is 12.8. The van der Waals surface area contributed by atoms with E-state index in [0.717, 1.165) is 36.2 Å². The van der Waals surface area contributed by atoms with Crippen LogP contribution in [0, 0.1) is 6.92 Å². The van der Waals surface area contributed by atoms with E-state index in [1.165, 1.54) is 11.5 Å². The fourth-order valence-electron chi connectivity index (χ4n) is 3.28. The summed E-state index contributed by atoms with van der Waals surface area (Å²) in [7, 11) is 0. The van der Waals surface area contributed by atoms with E-state index < -0.39 is 0 Å². The highest BCUT2D eigenvalue weighted by molar-refractivity contribution is 7.07. The molecule has 2 unspecified atom stereocenters. The molecule has 2 bridgehead atoms. The lowest BCUT2D eigenvalue weighted by Crippen LogP contribution is -2.42. The second kappa shape index (κ2) is 4.31. The van der Waals surface area contributed by atoms with Gasteiger partial charge in [0.2, 0.25) is 0 Å². The van der Waals surface area contributed by atoms with E-state index in [1.54, 1.807) is 6.33 Å². The van der Waals surface area contributed by atoms with E-state index in [-0.39, 0.29) is 18.0 Å². The van der Waals surface area contributed by atoms with Gasteiger partial charge >= 0.3 is 0 Å². The topological polar surface area (TPSA) is 71.9 Å². The van der Waals surface area contributed by atoms with E-state index in [4.69, 9.17) is 0 Å². The zero-order chi connectivity index (χ0) is 13.7. The van der Waals surface area contributed by atoms with E-state index in [2.05, 4.69) is 19.6 Å². The maximum absolute atomic E-state index is 12.8. The van der Waals surface area contributed by atoms with Crippen LogP contribution >= 0.6 is 11.5 Å². The lowest BCUT2D eigenvalue weighted by molar-refractivity contribution is 0.0648. The fraction of sp³-hybridized carbons (Fsp3) is 0.462. The van der Waals surface area contributed by atoms with E-state index in [1.807, 2.05) is 18.0 Å². The molecule has 6 nitrogen and oxygen atoms in total. The molecule has 0 spiro atoms. The van der Waals surface area contributed by atoms with Crippen LogP contribution in [0.25, 0.3) is 0 Å². The molecule has 1 saturated heterocycles. The van der Waals surface area contributed by atoms with Gasteiger partial charge in [0.15, 0.2) is 0 Å². The van der Waals surface area contributed by atoms with Crippen LogP contribution in [0.5, 0.6) is 0 Å². The van der Waals surface area contributed by atoms with Gasteiger partial charge in [-0.2, -0.15) is 0 Å². The third kappa shape index (κ3) is 1.59. The number of rotatable bonds is 1. The van der Waals surface area contributed by atoms with Crippen molar-refractivity contribution >= 4 is 17.4 Å². The SMILES string of the molecule is Cc1nnsc1C(=O)N1C2CCC1c1cncnc1C2. The predicted molar refractivity (Wildman–Crippen MR) is 72.3 cm³/mol. The number of hydrogen-bond donors (Lipinski definition) is 0. The number of hydrogen-bond acceptors (Lipinski definition) is 6. The van der Waals surface area contributed by atoms with Gasteiger partial charge in [-0.25, -0.2) is 9.97 Å². The van der Waals surface area contributed by atoms with Crippen molar-refractivity contribution in [2.24, 2.45) is 0 Å². The first kappa shape index (κ1) is 11.9. The van der Waals surface area contributed by atoms with Gasteiger partial charge in [-0.3, -0.25) is 4.79 Å². The zero-order valence-corrected chi connectivity index (χ0v) is 11.8. The van der Waals surface area contributed by atoms with Crippen LogP contribution in [-0.4, -0.2) is 36.4 Å². The van der Waals surface area contributed by atoms with Crippen LogP contribution in [0.3, 0.4) is 0 Å². The minimum absolute atomic E-state index is 0.0551. The van der Waals surface area contributed by atoms with Crippen LogP contribution < -0.4 is 0 Å². The molecule has 1 fully saturated rings. The molecular weight excluding hydrogens is 274 g/mol. The second-order valence-electron chi connectivity index (χ2n) is 5.28. The van der Waals surface area contributed by atoms with Gasteiger partial charge in [0.05, 0.1) is 17.4 Å². The van der Waals surface area contributed by atoms with E-state index in [0.29, 0.717) is 4.88 Å². The summed E-state index contributed by atoms with van der Waals surface area (Å²) in [5, 5.41) is 3.94. The number of nitrogens with zero attached hydrogens (tertiary/aromatic N) is 5. The van der Waals surface area contributed by atoms with Crippen molar-refractivity contribution < 1.29 is 4.79 Å². The van der Waals surface area contributed by atoms with Gasteiger partial charge < -0.3 is 4.90 Å². The molecule has 7 heteroatoms. The molecule has 20 heavy (non-hydrogen) atoms. The second-order valence-corrected chi connectivity index (χ2v) is 6.03. The molecule has 0 saturated carbocycles. The predicted octanol–water partition coefficient (Wildman–Crippen LogP) is 1.54. The van der Waals surface area contributed by atoms with Crippen molar-refractivity contribution in [1.82, 2.24) is 24.5 Å². The summed E-state index contributed by atoms with van der Waals surface area (Å²) in [6.45, 7) is 1.83. The highest BCUT2D eigenvalue weighted by Gasteiger charge is 2.44. The van der Waals surface area contributed by atoms with Crippen LogP contribution in [0.15, 0.2) is 12.5 Å². The zero-order valence-electron chi connectivity index (χ0n) is 11.0. The van der Waals surface area contributed by atoms with Crippen LogP contribution in [0.2, 0.25) is 0 Å².